The highest BCUT2D eigenvalue weighted by Gasteiger charge is 2.06. The second-order valence-electron chi connectivity index (χ2n) is 4.09. The van der Waals surface area contributed by atoms with Crippen LogP contribution in [-0.2, 0) is 6.54 Å². The molecule has 0 amide bonds. The van der Waals surface area contributed by atoms with Gasteiger partial charge < -0.3 is 5.73 Å². The van der Waals surface area contributed by atoms with Crippen molar-refractivity contribution < 1.29 is 0 Å². The number of aryl methyl sites for hydroxylation is 1. The fourth-order valence-electron chi connectivity index (χ4n) is 1.42. The number of thioether (sulfide) groups is 1. The van der Waals surface area contributed by atoms with Crippen molar-refractivity contribution in [2.75, 3.05) is 5.75 Å². The van der Waals surface area contributed by atoms with Crippen molar-refractivity contribution >= 4 is 11.8 Å². The summed E-state index contributed by atoms with van der Waals surface area (Å²) < 4.78 is 0. The Bertz CT molecular complexity index is 309. The summed E-state index contributed by atoms with van der Waals surface area (Å²) in [5, 5.41) is 0. The Balaban J connectivity index is 2.74. The fraction of sp³-hybridized carbons (Fsp3) is 0.538. The van der Waals surface area contributed by atoms with Gasteiger partial charge in [-0.15, -0.1) is 11.8 Å². The van der Waals surface area contributed by atoms with E-state index in [0.29, 0.717) is 6.54 Å². The summed E-state index contributed by atoms with van der Waals surface area (Å²) in [6.45, 7) is 7.35. The lowest BCUT2D eigenvalue weighted by Gasteiger charge is -2.13. The van der Waals surface area contributed by atoms with E-state index in [0.717, 1.165) is 5.92 Å². The smallest absolute Gasteiger partial charge is 0.0189 e. The van der Waals surface area contributed by atoms with E-state index >= 15 is 0 Å². The molecule has 0 saturated carbocycles. The van der Waals surface area contributed by atoms with Crippen LogP contribution in [0.2, 0.25) is 0 Å². The average molecular weight is 223 g/mol. The number of nitrogens with two attached hydrogens (primary N) is 1. The van der Waals surface area contributed by atoms with Crippen LogP contribution in [0.5, 0.6) is 0 Å². The fourth-order valence-corrected chi connectivity index (χ4v) is 2.74. The predicted octanol–water partition coefficient (Wildman–Crippen LogP) is 3.59. The lowest BCUT2D eigenvalue weighted by atomic mass is 10.1. The Morgan fingerprint density at radius 3 is 2.73 bits per heavy atom. The zero-order valence-electron chi connectivity index (χ0n) is 9.92. The molecule has 0 spiro atoms. The minimum absolute atomic E-state index is 0.643. The van der Waals surface area contributed by atoms with Gasteiger partial charge in [0.05, 0.1) is 0 Å². The second-order valence-corrected chi connectivity index (χ2v) is 5.12. The molecular weight excluding hydrogens is 202 g/mol. The SMILES string of the molecule is CCC(C)CSc1c(C)cccc1CN. The molecule has 0 fully saturated rings. The van der Waals surface area contributed by atoms with Crippen LogP contribution in [0.3, 0.4) is 0 Å². The van der Waals surface area contributed by atoms with Crippen molar-refractivity contribution in [2.45, 2.75) is 38.6 Å². The molecule has 0 aliphatic rings. The zero-order chi connectivity index (χ0) is 11.3. The monoisotopic (exact) mass is 223 g/mol. The van der Waals surface area contributed by atoms with Crippen molar-refractivity contribution in [3.05, 3.63) is 29.3 Å². The molecule has 15 heavy (non-hydrogen) atoms. The maximum atomic E-state index is 5.75. The molecule has 84 valence electrons. The maximum Gasteiger partial charge on any atom is 0.0189 e. The van der Waals surface area contributed by atoms with Gasteiger partial charge in [0, 0.05) is 17.2 Å². The lowest BCUT2D eigenvalue weighted by molar-refractivity contribution is 0.636. The Labute approximate surface area is 97.4 Å². The minimum Gasteiger partial charge on any atom is -0.326 e. The Morgan fingerprint density at radius 1 is 1.40 bits per heavy atom. The van der Waals surface area contributed by atoms with Crippen molar-refractivity contribution in [2.24, 2.45) is 11.7 Å². The summed E-state index contributed by atoms with van der Waals surface area (Å²) in [6, 6.07) is 6.38. The highest BCUT2D eigenvalue weighted by Crippen LogP contribution is 2.28. The van der Waals surface area contributed by atoms with Crippen LogP contribution in [-0.4, -0.2) is 5.75 Å². The number of hydrogen-bond donors (Lipinski definition) is 1. The molecule has 0 saturated heterocycles. The first-order chi connectivity index (χ1) is 7.19. The lowest BCUT2D eigenvalue weighted by Crippen LogP contribution is -2.02. The quantitative estimate of drug-likeness (QED) is 0.772. The Hall–Kier alpha value is -0.470. The third kappa shape index (κ3) is 3.54. The molecule has 1 atom stereocenters. The zero-order valence-corrected chi connectivity index (χ0v) is 10.7. The van der Waals surface area contributed by atoms with Crippen LogP contribution < -0.4 is 5.73 Å². The van der Waals surface area contributed by atoms with Gasteiger partial charge in [0.25, 0.3) is 0 Å². The first-order valence-corrected chi connectivity index (χ1v) is 6.59. The maximum absolute atomic E-state index is 5.75. The minimum atomic E-state index is 0.643. The molecule has 0 heterocycles. The summed E-state index contributed by atoms with van der Waals surface area (Å²) in [7, 11) is 0. The molecule has 2 heteroatoms. The summed E-state index contributed by atoms with van der Waals surface area (Å²) in [5.41, 5.74) is 8.38. The number of benzene rings is 1. The van der Waals surface area contributed by atoms with Crippen LogP contribution in [0.25, 0.3) is 0 Å². The second kappa shape index (κ2) is 6.19. The molecule has 0 aromatic heterocycles. The van der Waals surface area contributed by atoms with Crippen LogP contribution >= 0.6 is 11.8 Å². The molecule has 2 N–H and O–H groups in total. The van der Waals surface area contributed by atoms with Gasteiger partial charge >= 0.3 is 0 Å². The first kappa shape index (κ1) is 12.6. The van der Waals surface area contributed by atoms with Crippen LogP contribution in [0.1, 0.15) is 31.4 Å². The highest BCUT2D eigenvalue weighted by molar-refractivity contribution is 7.99. The predicted molar refractivity (Wildman–Crippen MR) is 69.2 cm³/mol. The van der Waals surface area contributed by atoms with Crippen LogP contribution in [0, 0.1) is 12.8 Å². The van der Waals surface area contributed by atoms with Crippen molar-refractivity contribution in [3.8, 4) is 0 Å². The van der Waals surface area contributed by atoms with E-state index in [9.17, 15) is 0 Å². The molecule has 1 aromatic carbocycles. The number of hydrogen-bond acceptors (Lipinski definition) is 2. The highest BCUT2D eigenvalue weighted by atomic mass is 32.2. The van der Waals surface area contributed by atoms with Gasteiger partial charge in [-0.05, 0) is 24.0 Å². The summed E-state index contributed by atoms with van der Waals surface area (Å²) in [4.78, 5) is 1.39. The Kier molecular flexibility index (Phi) is 5.20. The van der Waals surface area contributed by atoms with Gasteiger partial charge in [-0.1, -0.05) is 38.5 Å². The van der Waals surface area contributed by atoms with Crippen molar-refractivity contribution in [1.82, 2.24) is 0 Å². The summed E-state index contributed by atoms with van der Waals surface area (Å²) >= 11 is 1.95. The van der Waals surface area contributed by atoms with Crippen LogP contribution in [0.15, 0.2) is 23.1 Å². The molecule has 1 rings (SSSR count). The number of rotatable bonds is 5. The van der Waals surface area contributed by atoms with Crippen molar-refractivity contribution in [3.63, 3.8) is 0 Å². The van der Waals surface area contributed by atoms with Gasteiger partial charge in [0.2, 0.25) is 0 Å². The third-order valence-electron chi connectivity index (χ3n) is 2.72. The Morgan fingerprint density at radius 2 is 2.13 bits per heavy atom. The topological polar surface area (TPSA) is 26.0 Å². The van der Waals surface area contributed by atoms with E-state index in [1.165, 1.54) is 28.2 Å². The van der Waals surface area contributed by atoms with E-state index in [2.05, 4.69) is 39.0 Å². The largest absolute Gasteiger partial charge is 0.326 e. The third-order valence-corrected chi connectivity index (χ3v) is 4.33. The summed E-state index contributed by atoms with van der Waals surface area (Å²) in [6.07, 6.45) is 1.25. The molecule has 1 nitrogen and oxygen atoms in total. The molecule has 0 aliphatic carbocycles. The first-order valence-electron chi connectivity index (χ1n) is 5.60. The average Bonchev–Trinajstić information content (AvgIpc) is 2.26. The van der Waals surface area contributed by atoms with Crippen molar-refractivity contribution in [1.29, 1.82) is 0 Å². The van der Waals surface area contributed by atoms with E-state index in [1.807, 2.05) is 11.8 Å². The molecular formula is C13H21NS. The molecule has 0 radical (unpaired) electrons. The molecule has 0 bridgehead atoms. The van der Waals surface area contributed by atoms with Gasteiger partial charge in [-0.3, -0.25) is 0 Å². The summed E-state index contributed by atoms with van der Waals surface area (Å²) in [5.74, 6) is 1.97. The standard InChI is InChI=1S/C13H21NS/c1-4-10(2)9-15-13-11(3)6-5-7-12(13)8-14/h5-7,10H,4,8-9,14H2,1-3H3. The normalized spacial score (nSPS) is 12.8. The van der Waals surface area contributed by atoms with Gasteiger partial charge in [-0.25, -0.2) is 0 Å². The van der Waals surface area contributed by atoms with Crippen LogP contribution in [0.4, 0.5) is 0 Å². The van der Waals surface area contributed by atoms with E-state index < -0.39 is 0 Å². The molecule has 0 aliphatic heterocycles. The molecule has 1 aromatic rings. The van der Waals surface area contributed by atoms with E-state index in [-0.39, 0.29) is 0 Å². The van der Waals surface area contributed by atoms with Gasteiger partial charge in [-0.2, -0.15) is 0 Å². The van der Waals surface area contributed by atoms with Gasteiger partial charge in [0.1, 0.15) is 0 Å². The van der Waals surface area contributed by atoms with E-state index in [1.54, 1.807) is 0 Å². The van der Waals surface area contributed by atoms with Gasteiger partial charge in [0.15, 0.2) is 0 Å². The molecule has 1 unspecified atom stereocenters. The van der Waals surface area contributed by atoms with E-state index in [4.69, 9.17) is 5.73 Å².